The number of rotatable bonds is 6. The number of anilines is 1. The molecule has 1 amide bonds. The van der Waals surface area contributed by atoms with Crippen LogP contribution in [-0.4, -0.2) is 42.6 Å². The molecular weight excluding hydrogens is 540 g/mol. The number of amides is 1. The Morgan fingerprint density at radius 1 is 0.860 bits per heavy atom. The Labute approximate surface area is 249 Å². The Morgan fingerprint density at radius 2 is 1.60 bits per heavy atom. The number of carbonyl (C=O) groups is 3. The number of ketones is 2. The Kier molecular flexibility index (Phi) is 6.20. The summed E-state index contributed by atoms with van der Waals surface area (Å²) in [4.78, 5) is 46.3. The molecule has 4 aromatic rings. The predicted octanol–water partition coefficient (Wildman–Crippen LogP) is 5.99. The van der Waals surface area contributed by atoms with Crippen molar-refractivity contribution in [1.82, 2.24) is 4.90 Å². The first-order valence-corrected chi connectivity index (χ1v) is 14.2. The zero-order chi connectivity index (χ0) is 29.9. The Hall–Kier alpha value is -5.17. The summed E-state index contributed by atoms with van der Waals surface area (Å²) in [5.41, 5.74) is 3.51. The molecule has 1 fully saturated rings. The Balaban J connectivity index is 1.54. The van der Waals surface area contributed by atoms with Gasteiger partial charge in [0, 0.05) is 17.5 Å². The third kappa shape index (κ3) is 3.77. The second-order valence-electron chi connectivity index (χ2n) is 11.2. The molecule has 7 heteroatoms. The van der Waals surface area contributed by atoms with Crippen molar-refractivity contribution in [3.05, 3.63) is 131 Å². The van der Waals surface area contributed by atoms with E-state index in [-0.39, 0.29) is 23.0 Å². The van der Waals surface area contributed by atoms with Crippen molar-refractivity contribution in [2.24, 2.45) is 5.92 Å². The quantitative estimate of drug-likeness (QED) is 0.287. The maximum absolute atomic E-state index is 14.9. The molecule has 214 valence electrons. The summed E-state index contributed by atoms with van der Waals surface area (Å²) in [6, 6.07) is 26.1. The van der Waals surface area contributed by atoms with Crippen LogP contribution in [0.3, 0.4) is 0 Å². The van der Waals surface area contributed by atoms with Crippen LogP contribution in [0.1, 0.15) is 49.0 Å². The molecule has 1 spiro atoms. The molecule has 1 N–H and O–H groups in total. The molecule has 4 atom stereocenters. The van der Waals surface area contributed by atoms with Gasteiger partial charge in [-0.2, -0.15) is 0 Å². The number of nitrogens with one attached hydrogen (secondary N) is 1. The average molecular weight is 571 g/mol. The number of methoxy groups -OCH3 is 2. The minimum absolute atomic E-state index is 0.271. The van der Waals surface area contributed by atoms with E-state index >= 15 is 0 Å². The highest BCUT2D eigenvalue weighted by molar-refractivity contribution is 6.17. The van der Waals surface area contributed by atoms with Crippen LogP contribution >= 0.6 is 0 Å². The third-order valence-corrected chi connectivity index (χ3v) is 9.13. The van der Waals surface area contributed by atoms with Crippen LogP contribution in [0, 0.1) is 12.8 Å². The standard InChI is InChI=1S/C36H30N2O5/c1-21-12-14-23(15-13-21)32(39)30-31(33(40)26-20-24(42-2)16-17-29(26)43-3)38-19-18-22-8-4-5-9-25(22)34(38)36(30)27-10-6-7-11-28(27)37-35(36)41/h4-20,30-31,34H,1-3H3,(H,37,41)/t30-,31+,34+,36+/m1/s1. The van der Waals surface area contributed by atoms with E-state index in [1.54, 1.807) is 30.3 Å². The molecule has 7 nitrogen and oxygen atoms in total. The fourth-order valence-electron chi connectivity index (χ4n) is 7.23. The van der Waals surface area contributed by atoms with Gasteiger partial charge in [0.1, 0.15) is 23.0 Å². The second kappa shape index (κ2) is 9.98. The van der Waals surface area contributed by atoms with Crippen molar-refractivity contribution < 1.29 is 23.9 Å². The minimum Gasteiger partial charge on any atom is -0.497 e. The molecule has 3 aliphatic heterocycles. The first-order valence-electron chi connectivity index (χ1n) is 14.2. The highest BCUT2D eigenvalue weighted by atomic mass is 16.5. The van der Waals surface area contributed by atoms with Gasteiger partial charge in [-0.05, 0) is 54.0 Å². The first kappa shape index (κ1) is 26.7. The van der Waals surface area contributed by atoms with E-state index in [1.165, 1.54) is 14.2 Å². The number of Topliss-reactive ketones (excluding diaryl/α,β-unsaturated/α-hetero) is 2. The van der Waals surface area contributed by atoms with Crippen LogP contribution in [0.2, 0.25) is 0 Å². The predicted molar refractivity (Wildman–Crippen MR) is 163 cm³/mol. The molecule has 0 radical (unpaired) electrons. The lowest BCUT2D eigenvalue weighted by Crippen LogP contribution is -2.49. The van der Waals surface area contributed by atoms with Crippen molar-refractivity contribution in [3.63, 3.8) is 0 Å². The van der Waals surface area contributed by atoms with Gasteiger partial charge in [-0.25, -0.2) is 0 Å². The molecule has 0 unspecified atom stereocenters. The van der Waals surface area contributed by atoms with Crippen molar-refractivity contribution in [2.45, 2.75) is 24.4 Å². The molecule has 0 saturated carbocycles. The summed E-state index contributed by atoms with van der Waals surface area (Å²) in [6.45, 7) is 1.95. The molecule has 0 aromatic heterocycles. The summed E-state index contributed by atoms with van der Waals surface area (Å²) in [5, 5.41) is 3.08. The van der Waals surface area contributed by atoms with Crippen molar-refractivity contribution in [2.75, 3.05) is 19.5 Å². The zero-order valence-corrected chi connectivity index (χ0v) is 24.0. The normalized spacial score (nSPS) is 22.9. The minimum atomic E-state index is -1.40. The van der Waals surface area contributed by atoms with Crippen LogP contribution in [0.4, 0.5) is 5.69 Å². The van der Waals surface area contributed by atoms with Gasteiger partial charge >= 0.3 is 0 Å². The van der Waals surface area contributed by atoms with E-state index in [9.17, 15) is 14.4 Å². The molecule has 1 saturated heterocycles. The topological polar surface area (TPSA) is 84.9 Å². The lowest BCUT2D eigenvalue weighted by Gasteiger charge is -2.38. The summed E-state index contributed by atoms with van der Waals surface area (Å²) in [7, 11) is 3.04. The molecule has 7 rings (SSSR count). The number of ether oxygens (including phenoxy) is 2. The maximum Gasteiger partial charge on any atom is 0.238 e. The summed E-state index contributed by atoms with van der Waals surface area (Å²) in [5.74, 6) is -1.12. The van der Waals surface area contributed by atoms with E-state index in [4.69, 9.17) is 9.47 Å². The van der Waals surface area contributed by atoms with Gasteiger partial charge < -0.3 is 19.7 Å². The van der Waals surface area contributed by atoms with Crippen LogP contribution in [-0.2, 0) is 10.2 Å². The number of hydrogen-bond acceptors (Lipinski definition) is 6. The van der Waals surface area contributed by atoms with Gasteiger partial charge in [0.15, 0.2) is 11.6 Å². The van der Waals surface area contributed by atoms with Crippen molar-refractivity contribution in [3.8, 4) is 11.5 Å². The third-order valence-electron chi connectivity index (χ3n) is 9.13. The Morgan fingerprint density at radius 3 is 2.37 bits per heavy atom. The fourth-order valence-corrected chi connectivity index (χ4v) is 7.23. The van der Waals surface area contributed by atoms with Gasteiger partial charge in [0.25, 0.3) is 0 Å². The number of nitrogens with zero attached hydrogens (tertiary/aromatic N) is 1. The zero-order valence-electron chi connectivity index (χ0n) is 24.0. The van der Waals surface area contributed by atoms with E-state index in [1.807, 2.05) is 84.8 Å². The van der Waals surface area contributed by atoms with Crippen LogP contribution in [0.5, 0.6) is 11.5 Å². The average Bonchev–Trinajstić information content (AvgIpc) is 3.52. The van der Waals surface area contributed by atoms with Crippen LogP contribution in [0.15, 0.2) is 97.2 Å². The smallest absolute Gasteiger partial charge is 0.238 e. The largest absolute Gasteiger partial charge is 0.497 e. The number of hydrogen-bond donors (Lipinski definition) is 1. The monoisotopic (exact) mass is 570 g/mol. The molecule has 3 aliphatic rings. The fraction of sp³-hybridized carbons (Fsp3) is 0.194. The maximum atomic E-state index is 14.9. The van der Waals surface area contributed by atoms with Gasteiger partial charge in [-0.15, -0.1) is 0 Å². The number of benzene rings is 4. The first-order chi connectivity index (χ1) is 20.9. The molecule has 0 bridgehead atoms. The van der Waals surface area contributed by atoms with Gasteiger partial charge in [-0.1, -0.05) is 72.3 Å². The molecule has 3 heterocycles. The van der Waals surface area contributed by atoms with Crippen LogP contribution < -0.4 is 14.8 Å². The summed E-state index contributed by atoms with van der Waals surface area (Å²) >= 11 is 0. The highest BCUT2D eigenvalue weighted by Gasteiger charge is 2.70. The summed E-state index contributed by atoms with van der Waals surface area (Å²) < 4.78 is 11.1. The van der Waals surface area contributed by atoms with E-state index < -0.39 is 23.4 Å². The Bertz CT molecular complexity index is 1830. The highest BCUT2D eigenvalue weighted by Crippen LogP contribution is 2.62. The summed E-state index contributed by atoms with van der Waals surface area (Å²) in [6.07, 6.45) is 3.81. The second-order valence-corrected chi connectivity index (χ2v) is 11.2. The van der Waals surface area contributed by atoms with Crippen molar-refractivity contribution in [1.29, 1.82) is 0 Å². The molecule has 4 aromatic carbocycles. The van der Waals surface area contributed by atoms with Crippen LogP contribution in [0.25, 0.3) is 6.08 Å². The lowest BCUT2D eigenvalue weighted by molar-refractivity contribution is -0.122. The van der Waals surface area contributed by atoms with Gasteiger partial charge in [0.05, 0.1) is 31.7 Å². The SMILES string of the molecule is COc1ccc(OC)c(C(=O)[C@@H]2[C@H](C(=O)c3ccc(C)cc3)[C@]3(C(=O)Nc4ccccc43)[C@@H]3c4ccccc4C=CN23)c1. The molecule has 0 aliphatic carbocycles. The molecule has 43 heavy (non-hydrogen) atoms. The van der Waals surface area contributed by atoms with E-state index in [0.717, 1.165) is 16.7 Å². The van der Waals surface area contributed by atoms with E-state index in [2.05, 4.69) is 5.32 Å². The van der Waals surface area contributed by atoms with Crippen molar-refractivity contribution >= 4 is 29.2 Å². The number of aryl methyl sites for hydroxylation is 1. The number of fused-ring (bicyclic) bond motifs is 6. The number of para-hydroxylation sites is 1. The lowest BCUT2D eigenvalue weighted by atomic mass is 9.62. The van der Waals surface area contributed by atoms with Gasteiger partial charge in [-0.3, -0.25) is 14.4 Å². The molecular formula is C36H30N2O5. The van der Waals surface area contributed by atoms with Gasteiger partial charge in [0.2, 0.25) is 5.91 Å². The van der Waals surface area contributed by atoms with E-state index in [0.29, 0.717) is 28.3 Å². The number of carbonyl (C=O) groups excluding carboxylic acids is 3.